The van der Waals surface area contributed by atoms with Gasteiger partial charge in [-0.25, -0.2) is 0 Å². The summed E-state index contributed by atoms with van der Waals surface area (Å²) in [5, 5.41) is 18.4. The highest BCUT2D eigenvalue weighted by atomic mass is 16.3. The first kappa shape index (κ1) is 20.5. The van der Waals surface area contributed by atoms with E-state index in [1.54, 1.807) is 18.5 Å². The third-order valence-electron chi connectivity index (χ3n) is 4.63. The van der Waals surface area contributed by atoms with Gasteiger partial charge in [-0.15, -0.1) is 0 Å². The van der Waals surface area contributed by atoms with E-state index in [1.807, 2.05) is 24.3 Å². The lowest BCUT2D eigenvalue weighted by Gasteiger charge is -2.21. The molecule has 2 rings (SSSR count). The molecule has 2 aromatic carbocycles. The fraction of sp³-hybridized carbons (Fsp3) is 0.364. The molecule has 27 heavy (non-hydrogen) atoms. The Kier molecular flexibility index (Phi) is 7.86. The largest absolute Gasteiger partial charge is 0.507 e. The minimum Gasteiger partial charge on any atom is -0.507 e. The third kappa shape index (κ3) is 5.58. The van der Waals surface area contributed by atoms with E-state index in [1.165, 1.54) is 5.69 Å². The molecule has 0 aliphatic rings. The van der Waals surface area contributed by atoms with Gasteiger partial charge in [-0.3, -0.25) is 0 Å². The van der Waals surface area contributed by atoms with Gasteiger partial charge in [0, 0.05) is 49.2 Å². The van der Waals surface area contributed by atoms with Crippen LogP contribution in [0.25, 0.3) is 0 Å². The minimum absolute atomic E-state index is 0.210. The lowest BCUT2D eigenvalue weighted by atomic mass is 10.2. The van der Waals surface area contributed by atoms with Crippen molar-refractivity contribution in [1.82, 2.24) is 0 Å². The predicted molar refractivity (Wildman–Crippen MR) is 117 cm³/mol. The number of phenolic OH excluding ortho intramolecular Hbond substituents is 1. The van der Waals surface area contributed by atoms with E-state index in [9.17, 15) is 5.11 Å². The van der Waals surface area contributed by atoms with Crippen molar-refractivity contribution in [2.24, 2.45) is 10.2 Å². The van der Waals surface area contributed by atoms with Gasteiger partial charge in [0.1, 0.15) is 5.75 Å². The Morgan fingerprint density at radius 3 is 1.81 bits per heavy atom. The summed E-state index contributed by atoms with van der Waals surface area (Å²) >= 11 is 0. The van der Waals surface area contributed by atoms with E-state index in [0.717, 1.165) is 37.4 Å². The Hall–Kier alpha value is -2.82. The van der Waals surface area contributed by atoms with Crippen molar-refractivity contribution in [2.75, 3.05) is 36.0 Å². The molecule has 0 spiro atoms. The van der Waals surface area contributed by atoms with E-state index >= 15 is 0 Å². The number of anilines is 2. The average molecular weight is 367 g/mol. The molecule has 0 radical (unpaired) electrons. The second kappa shape index (κ2) is 10.4. The lowest BCUT2D eigenvalue weighted by molar-refractivity contribution is 0.474. The molecule has 0 heterocycles. The average Bonchev–Trinajstić information content (AvgIpc) is 2.69. The molecule has 144 valence electrons. The molecule has 0 fully saturated rings. The molecule has 0 bridgehead atoms. The van der Waals surface area contributed by atoms with Crippen molar-refractivity contribution < 1.29 is 5.11 Å². The van der Waals surface area contributed by atoms with Gasteiger partial charge in [-0.2, -0.15) is 10.2 Å². The van der Waals surface area contributed by atoms with Crippen molar-refractivity contribution in [1.29, 1.82) is 0 Å². The Morgan fingerprint density at radius 2 is 1.26 bits per heavy atom. The van der Waals surface area contributed by atoms with Crippen LogP contribution < -0.4 is 9.80 Å². The van der Waals surface area contributed by atoms with Gasteiger partial charge >= 0.3 is 0 Å². The smallest absolute Gasteiger partial charge is 0.126 e. The topological polar surface area (TPSA) is 51.4 Å². The van der Waals surface area contributed by atoms with Crippen LogP contribution in [0, 0.1) is 0 Å². The van der Waals surface area contributed by atoms with Gasteiger partial charge in [0.25, 0.3) is 0 Å². The number of nitrogens with zero attached hydrogens (tertiary/aromatic N) is 4. The van der Waals surface area contributed by atoms with Gasteiger partial charge in [-0.1, -0.05) is 12.1 Å². The van der Waals surface area contributed by atoms with E-state index in [4.69, 9.17) is 0 Å². The number of benzene rings is 2. The van der Waals surface area contributed by atoms with Crippen LogP contribution in [0.3, 0.4) is 0 Å². The van der Waals surface area contributed by atoms with Gasteiger partial charge in [-0.05, 0) is 57.5 Å². The highest BCUT2D eigenvalue weighted by Gasteiger charge is 2.05. The first-order valence-electron chi connectivity index (χ1n) is 9.62. The highest BCUT2D eigenvalue weighted by Crippen LogP contribution is 2.23. The van der Waals surface area contributed by atoms with Gasteiger partial charge < -0.3 is 14.9 Å². The molecule has 0 amide bonds. The maximum absolute atomic E-state index is 10.2. The maximum atomic E-state index is 10.2. The molecule has 5 heteroatoms. The van der Waals surface area contributed by atoms with Crippen molar-refractivity contribution >= 4 is 23.8 Å². The van der Waals surface area contributed by atoms with Crippen LogP contribution in [0.4, 0.5) is 11.4 Å². The predicted octanol–water partition coefficient (Wildman–Crippen LogP) is 4.54. The zero-order valence-electron chi connectivity index (χ0n) is 16.8. The third-order valence-corrected chi connectivity index (χ3v) is 4.63. The summed E-state index contributed by atoms with van der Waals surface area (Å²) in [4.78, 5) is 4.48. The Labute approximate surface area is 162 Å². The minimum atomic E-state index is 0.210. The molecule has 2 aromatic rings. The van der Waals surface area contributed by atoms with Crippen LogP contribution in [-0.2, 0) is 0 Å². The fourth-order valence-electron chi connectivity index (χ4n) is 2.98. The first-order chi connectivity index (χ1) is 13.1. The summed E-state index contributed by atoms with van der Waals surface area (Å²) in [6.45, 7) is 12.3. The standard InChI is InChI=1S/C22H30N4O/c1-5-25(6-2)20-12-9-18(10-13-20)16-23-24-17-19-11-14-21(15-22(19)27)26(7-3)8-4/h9-17,27H,5-8H2,1-4H3/b23-16+,24-17+. The van der Waals surface area contributed by atoms with Crippen LogP contribution in [-0.4, -0.2) is 43.7 Å². The molecule has 0 saturated heterocycles. The van der Waals surface area contributed by atoms with Crippen molar-refractivity contribution in [3.05, 3.63) is 53.6 Å². The van der Waals surface area contributed by atoms with Crippen LogP contribution in [0.2, 0.25) is 0 Å². The molecule has 0 unspecified atom stereocenters. The normalized spacial score (nSPS) is 11.4. The summed E-state index contributed by atoms with van der Waals surface area (Å²) in [6.07, 6.45) is 3.28. The Morgan fingerprint density at radius 1 is 0.741 bits per heavy atom. The molecule has 0 aromatic heterocycles. The molecular formula is C22H30N4O. The molecule has 1 N–H and O–H groups in total. The molecule has 0 aliphatic heterocycles. The van der Waals surface area contributed by atoms with E-state index < -0.39 is 0 Å². The van der Waals surface area contributed by atoms with Crippen LogP contribution in [0.5, 0.6) is 5.75 Å². The van der Waals surface area contributed by atoms with Gasteiger partial charge in [0.05, 0.1) is 12.4 Å². The zero-order valence-corrected chi connectivity index (χ0v) is 16.8. The summed E-state index contributed by atoms with van der Waals surface area (Å²) in [7, 11) is 0. The van der Waals surface area contributed by atoms with Crippen molar-refractivity contribution in [2.45, 2.75) is 27.7 Å². The number of hydrogen-bond donors (Lipinski definition) is 1. The van der Waals surface area contributed by atoms with Gasteiger partial charge in [0.15, 0.2) is 0 Å². The number of hydrogen-bond acceptors (Lipinski definition) is 5. The van der Waals surface area contributed by atoms with Crippen LogP contribution in [0.1, 0.15) is 38.8 Å². The molecule has 0 saturated carbocycles. The van der Waals surface area contributed by atoms with Gasteiger partial charge in [0.2, 0.25) is 0 Å². The number of rotatable bonds is 9. The zero-order chi connectivity index (χ0) is 19.6. The second-order valence-corrected chi connectivity index (χ2v) is 6.17. The Balaban J connectivity index is 2.02. The molecular weight excluding hydrogens is 336 g/mol. The van der Waals surface area contributed by atoms with Crippen molar-refractivity contribution in [3.8, 4) is 5.75 Å². The number of phenols is 1. The summed E-state index contributed by atoms with van der Waals surface area (Å²) in [5.41, 5.74) is 3.86. The van der Waals surface area contributed by atoms with Crippen LogP contribution in [0.15, 0.2) is 52.7 Å². The number of aromatic hydroxyl groups is 1. The molecule has 5 nitrogen and oxygen atoms in total. The summed E-state index contributed by atoms with van der Waals surface area (Å²) < 4.78 is 0. The SMILES string of the molecule is CCN(CC)c1ccc(/C=N/N=C/c2ccc(N(CC)CC)cc2O)cc1. The second-order valence-electron chi connectivity index (χ2n) is 6.17. The van der Waals surface area contributed by atoms with Crippen molar-refractivity contribution in [3.63, 3.8) is 0 Å². The van der Waals surface area contributed by atoms with E-state index in [-0.39, 0.29) is 5.75 Å². The maximum Gasteiger partial charge on any atom is 0.126 e. The lowest BCUT2D eigenvalue weighted by Crippen LogP contribution is -2.21. The summed E-state index contributed by atoms with van der Waals surface area (Å²) in [5.74, 6) is 0.210. The van der Waals surface area contributed by atoms with E-state index in [2.05, 4.69) is 59.8 Å². The quantitative estimate of drug-likeness (QED) is 0.524. The first-order valence-corrected chi connectivity index (χ1v) is 9.62. The monoisotopic (exact) mass is 366 g/mol. The Bertz CT molecular complexity index is 760. The van der Waals surface area contributed by atoms with E-state index in [0.29, 0.717) is 5.56 Å². The molecule has 0 atom stereocenters. The summed E-state index contributed by atoms with van der Waals surface area (Å²) in [6, 6.07) is 13.9. The molecule has 0 aliphatic carbocycles. The van der Waals surface area contributed by atoms with Crippen LogP contribution >= 0.6 is 0 Å². The fourth-order valence-corrected chi connectivity index (χ4v) is 2.98. The highest BCUT2D eigenvalue weighted by molar-refractivity contribution is 5.86.